The Kier molecular flexibility index (Phi) is 4.27. The number of halogens is 1. The molecule has 1 N–H and O–H groups in total. The van der Waals surface area contributed by atoms with Crippen molar-refractivity contribution in [1.82, 2.24) is 18.7 Å². The zero-order valence-corrected chi connectivity index (χ0v) is 15.9. The fourth-order valence-corrected chi connectivity index (χ4v) is 3.32. The fraction of sp³-hybridized carbons (Fsp3) is 0.158. The van der Waals surface area contributed by atoms with Gasteiger partial charge in [-0.3, -0.25) is 14.4 Å². The predicted octanol–water partition coefficient (Wildman–Crippen LogP) is 1.95. The first kappa shape index (κ1) is 18.0. The van der Waals surface area contributed by atoms with E-state index >= 15 is 0 Å². The Balaban J connectivity index is 1.76. The molecule has 142 valence electrons. The maximum atomic E-state index is 12.6. The van der Waals surface area contributed by atoms with Gasteiger partial charge in [-0.15, -0.1) is 5.10 Å². The molecule has 0 atom stereocenters. The first-order chi connectivity index (χ1) is 13.4. The van der Waals surface area contributed by atoms with Gasteiger partial charge in [-0.1, -0.05) is 29.8 Å². The molecule has 0 saturated heterocycles. The van der Waals surface area contributed by atoms with E-state index in [1.165, 1.54) is 4.40 Å². The highest BCUT2D eigenvalue weighted by Gasteiger charge is 2.17. The van der Waals surface area contributed by atoms with Crippen molar-refractivity contribution in [2.45, 2.75) is 13.5 Å². The zero-order valence-electron chi connectivity index (χ0n) is 15.1. The van der Waals surface area contributed by atoms with E-state index in [0.717, 1.165) is 10.2 Å². The van der Waals surface area contributed by atoms with Gasteiger partial charge in [0.15, 0.2) is 0 Å². The van der Waals surface area contributed by atoms with Gasteiger partial charge in [0.1, 0.15) is 6.54 Å². The molecule has 4 aromatic rings. The van der Waals surface area contributed by atoms with Crippen LogP contribution in [-0.4, -0.2) is 24.7 Å². The molecular formula is C19H16ClN5O3. The normalized spacial score (nSPS) is 11.2. The lowest BCUT2D eigenvalue weighted by atomic mass is 10.2. The number of carbonyl (C=O) groups is 1. The van der Waals surface area contributed by atoms with Crippen LogP contribution in [0.5, 0.6) is 0 Å². The number of aryl methyl sites for hydroxylation is 1. The number of amides is 1. The van der Waals surface area contributed by atoms with Crippen molar-refractivity contribution in [1.29, 1.82) is 0 Å². The van der Waals surface area contributed by atoms with Gasteiger partial charge in [-0.2, -0.15) is 0 Å². The predicted molar refractivity (Wildman–Crippen MR) is 107 cm³/mol. The molecule has 0 aliphatic rings. The molecule has 0 unspecified atom stereocenters. The molecular weight excluding hydrogens is 382 g/mol. The minimum atomic E-state index is -0.869. The van der Waals surface area contributed by atoms with Gasteiger partial charge in [0.05, 0.1) is 11.0 Å². The molecule has 8 nitrogen and oxygen atoms in total. The highest BCUT2D eigenvalue weighted by atomic mass is 35.5. The molecule has 0 radical (unpaired) electrons. The fourth-order valence-electron chi connectivity index (χ4n) is 3.15. The number of benzene rings is 2. The molecule has 1 amide bonds. The molecule has 2 heterocycles. The summed E-state index contributed by atoms with van der Waals surface area (Å²) in [7, 11) is 1.74. The van der Waals surface area contributed by atoms with Crippen LogP contribution in [0, 0.1) is 6.92 Å². The number of anilines is 1. The molecule has 0 aliphatic carbocycles. The number of fused-ring (bicyclic) bond motifs is 3. The third kappa shape index (κ3) is 2.78. The lowest BCUT2D eigenvalue weighted by Gasteiger charge is -2.10. The first-order valence-corrected chi connectivity index (χ1v) is 8.88. The number of imidazole rings is 1. The lowest BCUT2D eigenvalue weighted by Crippen LogP contribution is -2.42. The van der Waals surface area contributed by atoms with Gasteiger partial charge in [0.2, 0.25) is 11.7 Å². The minimum Gasteiger partial charge on any atom is -0.324 e. The Morgan fingerprint density at radius 1 is 1.07 bits per heavy atom. The van der Waals surface area contributed by atoms with E-state index < -0.39 is 23.6 Å². The summed E-state index contributed by atoms with van der Waals surface area (Å²) < 4.78 is 3.84. The van der Waals surface area contributed by atoms with Gasteiger partial charge >= 0.3 is 11.1 Å². The first-order valence-electron chi connectivity index (χ1n) is 8.50. The summed E-state index contributed by atoms with van der Waals surface area (Å²) in [5.74, 6) is -0.208. The smallest absolute Gasteiger partial charge is 0.324 e. The second-order valence-corrected chi connectivity index (χ2v) is 6.82. The van der Waals surface area contributed by atoms with Crippen molar-refractivity contribution >= 4 is 40.0 Å². The number of hydrogen-bond acceptors (Lipinski definition) is 4. The summed E-state index contributed by atoms with van der Waals surface area (Å²) in [6.07, 6.45) is 0. The summed E-state index contributed by atoms with van der Waals surface area (Å²) in [4.78, 5) is 37.6. The molecule has 2 aromatic carbocycles. The number of hydrogen-bond donors (Lipinski definition) is 1. The van der Waals surface area contributed by atoms with Crippen LogP contribution in [0.2, 0.25) is 5.02 Å². The number of para-hydroxylation sites is 2. The van der Waals surface area contributed by atoms with E-state index in [-0.39, 0.29) is 5.78 Å². The maximum absolute atomic E-state index is 12.6. The number of nitrogens with zero attached hydrogens (tertiary/aromatic N) is 4. The molecule has 4 rings (SSSR count). The van der Waals surface area contributed by atoms with Crippen molar-refractivity contribution in [3.8, 4) is 0 Å². The van der Waals surface area contributed by atoms with Crippen molar-refractivity contribution in [2.75, 3.05) is 5.32 Å². The highest BCUT2D eigenvalue weighted by molar-refractivity contribution is 6.31. The van der Waals surface area contributed by atoms with Crippen LogP contribution in [-0.2, 0) is 18.4 Å². The summed E-state index contributed by atoms with van der Waals surface area (Å²) in [5.41, 5.74) is 0.958. The molecule has 9 heteroatoms. The van der Waals surface area contributed by atoms with Crippen LogP contribution in [0.3, 0.4) is 0 Å². The second kappa shape index (κ2) is 6.65. The Hall–Kier alpha value is -3.39. The highest BCUT2D eigenvalue weighted by Crippen LogP contribution is 2.22. The summed E-state index contributed by atoms with van der Waals surface area (Å²) >= 11 is 6.06. The van der Waals surface area contributed by atoms with Gasteiger partial charge in [-0.05, 0) is 36.8 Å². The second-order valence-electron chi connectivity index (χ2n) is 6.41. The Labute approximate surface area is 163 Å². The largest absolute Gasteiger partial charge is 0.333 e. The summed E-state index contributed by atoms with van der Waals surface area (Å²) in [5, 5.41) is 7.45. The van der Waals surface area contributed by atoms with Crippen molar-refractivity contribution in [3.63, 3.8) is 0 Å². The van der Waals surface area contributed by atoms with Crippen LogP contribution >= 0.6 is 11.6 Å². The lowest BCUT2D eigenvalue weighted by molar-refractivity contribution is -0.117. The summed E-state index contributed by atoms with van der Waals surface area (Å²) in [6, 6.07) is 12.3. The average molecular weight is 398 g/mol. The molecule has 0 saturated carbocycles. The van der Waals surface area contributed by atoms with Crippen molar-refractivity contribution in [2.24, 2.45) is 7.05 Å². The van der Waals surface area contributed by atoms with Gasteiger partial charge in [-0.25, -0.2) is 9.08 Å². The third-order valence-electron chi connectivity index (χ3n) is 4.65. The SMILES string of the molecule is Cc1c(Cl)cccc1NC(=O)Cn1nc2n(C)c3ccccc3n2c(=O)c1=O. The van der Waals surface area contributed by atoms with Crippen LogP contribution in [0.1, 0.15) is 5.56 Å². The van der Waals surface area contributed by atoms with E-state index in [4.69, 9.17) is 11.6 Å². The van der Waals surface area contributed by atoms with Gasteiger partial charge < -0.3 is 9.88 Å². The van der Waals surface area contributed by atoms with Crippen molar-refractivity contribution in [3.05, 3.63) is 73.8 Å². The molecule has 0 aliphatic heterocycles. The molecule has 0 bridgehead atoms. The van der Waals surface area contributed by atoms with Crippen LogP contribution in [0.25, 0.3) is 16.8 Å². The van der Waals surface area contributed by atoms with E-state index in [1.807, 2.05) is 12.1 Å². The van der Waals surface area contributed by atoms with E-state index in [2.05, 4.69) is 10.4 Å². The maximum Gasteiger partial charge on any atom is 0.333 e. The Bertz CT molecular complexity index is 1370. The number of aromatic nitrogens is 4. The van der Waals surface area contributed by atoms with Crippen LogP contribution < -0.4 is 16.4 Å². The zero-order chi connectivity index (χ0) is 20.0. The topological polar surface area (TPSA) is 90.4 Å². The van der Waals surface area contributed by atoms with Gasteiger partial charge in [0.25, 0.3) is 0 Å². The molecule has 2 aromatic heterocycles. The number of carbonyl (C=O) groups excluding carboxylic acids is 1. The molecule has 0 fully saturated rings. The summed E-state index contributed by atoms with van der Waals surface area (Å²) in [6.45, 7) is 1.38. The standard InChI is InChI=1S/C19H16ClN5O3/c1-11-12(20)6-5-7-13(11)21-16(26)10-24-17(27)18(28)25-15-9-4-3-8-14(15)23(2)19(25)22-24/h3-9H,10H2,1-2H3,(H,21,26). The van der Waals surface area contributed by atoms with E-state index in [0.29, 0.717) is 21.8 Å². The molecule has 0 spiro atoms. The quantitative estimate of drug-likeness (QED) is 0.535. The van der Waals surface area contributed by atoms with Crippen LogP contribution in [0.4, 0.5) is 5.69 Å². The number of nitrogens with one attached hydrogen (secondary N) is 1. The van der Waals surface area contributed by atoms with E-state index in [9.17, 15) is 14.4 Å². The Morgan fingerprint density at radius 2 is 1.79 bits per heavy atom. The third-order valence-corrected chi connectivity index (χ3v) is 5.06. The number of rotatable bonds is 3. The van der Waals surface area contributed by atoms with Gasteiger partial charge in [0, 0.05) is 17.8 Å². The Morgan fingerprint density at radius 3 is 2.54 bits per heavy atom. The average Bonchev–Trinajstić information content (AvgIpc) is 2.96. The van der Waals surface area contributed by atoms with E-state index in [1.54, 1.807) is 48.9 Å². The molecule has 28 heavy (non-hydrogen) atoms. The minimum absolute atomic E-state index is 0.275. The monoisotopic (exact) mass is 397 g/mol. The van der Waals surface area contributed by atoms with Crippen LogP contribution in [0.15, 0.2) is 52.1 Å². The van der Waals surface area contributed by atoms with Crippen molar-refractivity contribution < 1.29 is 4.79 Å².